The fourth-order valence-corrected chi connectivity index (χ4v) is 1.17. The summed E-state index contributed by atoms with van der Waals surface area (Å²) >= 11 is 0. The third-order valence-electron chi connectivity index (χ3n) is 1.94. The summed E-state index contributed by atoms with van der Waals surface area (Å²) in [5.41, 5.74) is -0.279. The molecule has 0 aliphatic rings. The van der Waals surface area contributed by atoms with E-state index in [1.54, 1.807) is 13.8 Å². The van der Waals surface area contributed by atoms with E-state index in [-0.39, 0.29) is 11.5 Å². The number of hydrogen-bond donors (Lipinski definition) is 1. The molecule has 1 rings (SSSR count). The number of benzene rings is 1. The van der Waals surface area contributed by atoms with E-state index in [4.69, 9.17) is 5.11 Å². The van der Waals surface area contributed by atoms with E-state index in [1.807, 2.05) is 0 Å². The molecule has 2 nitrogen and oxygen atoms in total. The molecule has 0 bridgehead atoms. The summed E-state index contributed by atoms with van der Waals surface area (Å²) in [6.45, 7) is 3.42. The first-order valence-electron chi connectivity index (χ1n) is 4.15. The first kappa shape index (κ1) is 10.6. The Bertz CT molecular complexity index is 373. The molecule has 0 unspecified atom stereocenters. The lowest BCUT2D eigenvalue weighted by Gasteiger charge is -2.08. The molecule has 4 heteroatoms. The second-order valence-corrected chi connectivity index (χ2v) is 3.31. The van der Waals surface area contributed by atoms with Crippen LogP contribution in [0.15, 0.2) is 12.1 Å². The standard InChI is InChI=1S/C10H10F2O2/c1-5(2)6-3-7(10(13)14)9(12)4-8(6)11/h3-5H,1-2H3,(H,13,14). The first-order valence-corrected chi connectivity index (χ1v) is 4.15. The van der Waals surface area contributed by atoms with Gasteiger partial charge in [-0.3, -0.25) is 0 Å². The third-order valence-corrected chi connectivity index (χ3v) is 1.94. The number of carboxylic acid groups (broad SMARTS) is 1. The van der Waals surface area contributed by atoms with Crippen LogP contribution in [0, 0.1) is 11.6 Å². The molecule has 0 saturated heterocycles. The van der Waals surface area contributed by atoms with Crippen LogP contribution in [0.25, 0.3) is 0 Å². The van der Waals surface area contributed by atoms with Crippen molar-refractivity contribution in [3.8, 4) is 0 Å². The van der Waals surface area contributed by atoms with Gasteiger partial charge in [0.25, 0.3) is 0 Å². The van der Waals surface area contributed by atoms with Gasteiger partial charge >= 0.3 is 5.97 Å². The molecule has 1 N–H and O–H groups in total. The van der Waals surface area contributed by atoms with Crippen molar-refractivity contribution in [1.82, 2.24) is 0 Å². The van der Waals surface area contributed by atoms with Crippen molar-refractivity contribution >= 4 is 5.97 Å². The molecule has 0 radical (unpaired) electrons. The maximum atomic E-state index is 13.1. The Morgan fingerprint density at radius 3 is 2.29 bits per heavy atom. The lowest BCUT2D eigenvalue weighted by atomic mass is 10.00. The Morgan fingerprint density at radius 2 is 1.86 bits per heavy atom. The van der Waals surface area contributed by atoms with Crippen LogP contribution < -0.4 is 0 Å². The van der Waals surface area contributed by atoms with Crippen molar-refractivity contribution in [2.45, 2.75) is 19.8 Å². The zero-order valence-electron chi connectivity index (χ0n) is 7.84. The van der Waals surface area contributed by atoms with Crippen LogP contribution in [0.5, 0.6) is 0 Å². The highest BCUT2D eigenvalue weighted by molar-refractivity contribution is 5.88. The van der Waals surface area contributed by atoms with E-state index in [2.05, 4.69) is 0 Å². The first-order chi connectivity index (χ1) is 6.43. The quantitative estimate of drug-likeness (QED) is 0.796. The van der Waals surface area contributed by atoms with Gasteiger partial charge < -0.3 is 5.11 Å². The Labute approximate surface area is 80.2 Å². The predicted octanol–water partition coefficient (Wildman–Crippen LogP) is 2.79. The highest BCUT2D eigenvalue weighted by atomic mass is 19.1. The van der Waals surface area contributed by atoms with Gasteiger partial charge in [-0.25, -0.2) is 13.6 Å². The minimum Gasteiger partial charge on any atom is -0.478 e. The number of aromatic carboxylic acids is 1. The van der Waals surface area contributed by atoms with Crippen molar-refractivity contribution in [2.75, 3.05) is 0 Å². The summed E-state index contributed by atoms with van der Waals surface area (Å²) in [6, 6.07) is 1.65. The lowest BCUT2D eigenvalue weighted by molar-refractivity contribution is 0.0691. The molecule has 0 aromatic heterocycles. The average molecular weight is 200 g/mol. The van der Waals surface area contributed by atoms with Crippen LogP contribution in [-0.4, -0.2) is 11.1 Å². The Morgan fingerprint density at radius 1 is 1.29 bits per heavy atom. The largest absolute Gasteiger partial charge is 0.478 e. The lowest BCUT2D eigenvalue weighted by Crippen LogP contribution is -2.04. The van der Waals surface area contributed by atoms with Crippen LogP contribution in [0.1, 0.15) is 35.7 Å². The van der Waals surface area contributed by atoms with Gasteiger partial charge in [-0.15, -0.1) is 0 Å². The highest BCUT2D eigenvalue weighted by Crippen LogP contribution is 2.22. The van der Waals surface area contributed by atoms with Crippen LogP contribution in [-0.2, 0) is 0 Å². The monoisotopic (exact) mass is 200 g/mol. The molecule has 0 spiro atoms. The maximum Gasteiger partial charge on any atom is 0.338 e. The van der Waals surface area contributed by atoms with E-state index in [1.165, 1.54) is 0 Å². The van der Waals surface area contributed by atoms with Crippen molar-refractivity contribution in [2.24, 2.45) is 0 Å². The fraction of sp³-hybridized carbons (Fsp3) is 0.300. The number of carboxylic acids is 1. The van der Waals surface area contributed by atoms with E-state index in [0.29, 0.717) is 6.07 Å². The third kappa shape index (κ3) is 1.89. The summed E-state index contributed by atoms with van der Waals surface area (Å²) < 4.78 is 26.0. The van der Waals surface area contributed by atoms with E-state index >= 15 is 0 Å². The molecule has 1 aromatic carbocycles. The van der Waals surface area contributed by atoms with Gasteiger partial charge in [0, 0.05) is 6.07 Å². The SMILES string of the molecule is CC(C)c1cc(C(=O)O)c(F)cc1F. The molecule has 76 valence electrons. The molecule has 0 aliphatic heterocycles. The van der Waals surface area contributed by atoms with Gasteiger partial charge in [0.15, 0.2) is 0 Å². The minimum atomic E-state index is -1.38. The van der Waals surface area contributed by atoms with Crippen molar-refractivity contribution < 1.29 is 18.7 Å². The Balaban J connectivity index is 3.34. The number of carbonyl (C=O) groups is 1. The van der Waals surface area contributed by atoms with Gasteiger partial charge in [0.2, 0.25) is 0 Å². The molecule has 0 heterocycles. The summed E-state index contributed by atoms with van der Waals surface area (Å²) in [7, 11) is 0. The minimum absolute atomic E-state index is 0.173. The molecule has 0 atom stereocenters. The van der Waals surface area contributed by atoms with Crippen LogP contribution in [0.2, 0.25) is 0 Å². The van der Waals surface area contributed by atoms with Gasteiger partial charge in [0.05, 0.1) is 5.56 Å². The fourth-order valence-electron chi connectivity index (χ4n) is 1.17. The summed E-state index contributed by atoms with van der Waals surface area (Å²) in [5, 5.41) is 8.60. The topological polar surface area (TPSA) is 37.3 Å². The number of halogens is 2. The van der Waals surface area contributed by atoms with Gasteiger partial charge in [-0.1, -0.05) is 13.8 Å². The molecule has 0 saturated carbocycles. The smallest absolute Gasteiger partial charge is 0.338 e. The number of rotatable bonds is 2. The predicted molar refractivity (Wildman–Crippen MR) is 47.4 cm³/mol. The van der Waals surface area contributed by atoms with Crippen LogP contribution in [0.3, 0.4) is 0 Å². The zero-order valence-corrected chi connectivity index (χ0v) is 7.84. The van der Waals surface area contributed by atoms with Crippen molar-refractivity contribution in [3.63, 3.8) is 0 Å². The van der Waals surface area contributed by atoms with Gasteiger partial charge in [-0.2, -0.15) is 0 Å². The Hall–Kier alpha value is -1.45. The maximum absolute atomic E-state index is 13.1. The molecule has 0 aliphatic carbocycles. The van der Waals surface area contributed by atoms with E-state index < -0.39 is 23.2 Å². The average Bonchev–Trinajstić information content (AvgIpc) is 2.02. The highest BCUT2D eigenvalue weighted by Gasteiger charge is 2.16. The van der Waals surface area contributed by atoms with E-state index in [9.17, 15) is 13.6 Å². The van der Waals surface area contributed by atoms with Crippen molar-refractivity contribution in [3.05, 3.63) is 34.9 Å². The van der Waals surface area contributed by atoms with Gasteiger partial charge in [0.1, 0.15) is 11.6 Å². The second-order valence-electron chi connectivity index (χ2n) is 3.31. The Kier molecular flexibility index (Phi) is 2.84. The number of hydrogen-bond acceptors (Lipinski definition) is 1. The summed E-state index contributed by atoms with van der Waals surface area (Å²) in [5.74, 6) is -3.31. The normalized spacial score (nSPS) is 10.6. The van der Waals surface area contributed by atoms with Crippen molar-refractivity contribution in [1.29, 1.82) is 0 Å². The van der Waals surface area contributed by atoms with Crippen LogP contribution in [0.4, 0.5) is 8.78 Å². The summed E-state index contributed by atoms with van der Waals surface area (Å²) in [6.07, 6.45) is 0. The molecule has 0 fully saturated rings. The van der Waals surface area contributed by atoms with E-state index in [0.717, 1.165) is 6.07 Å². The summed E-state index contributed by atoms with van der Waals surface area (Å²) in [4.78, 5) is 10.5. The zero-order chi connectivity index (χ0) is 10.9. The molecule has 14 heavy (non-hydrogen) atoms. The molecule has 0 amide bonds. The molecular formula is C10H10F2O2. The molecule has 1 aromatic rings. The van der Waals surface area contributed by atoms with Gasteiger partial charge in [-0.05, 0) is 17.5 Å². The van der Waals surface area contributed by atoms with Crippen LogP contribution >= 0.6 is 0 Å². The molecular weight excluding hydrogens is 190 g/mol. The second kappa shape index (κ2) is 3.74.